The number of likely N-dealkylation sites (tertiary alicyclic amines) is 1. The average molecular weight is 496 g/mol. The monoisotopic (exact) mass is 495 g/mol. The number of rotatable bonds is 5. The van der Waals surface area contributed by atoms with Gasteiger partial charge in [0.15, 0.2) is 0 Å². The van der Waals surface area contributed by atoms with Gasteiger partial charge >= 0.3 is 0 Å². The molecule has 6 rings (SSSR count). The third-order valence-corrected chi connectivity index (χ3v) is 8.39. The van der Waals surface area contributed by atoms with Gasteiger partial charge in [0.25, 0.3) is 5.91 Å². The number of anilines is 2. The fourth-order valence-corrected chi connectivity index (χ4v) is 5.86. The van der Waals surface area contributed by atoms with E-state index < -0.39 is 11.5 Å². The Kier molecular flexibility index (Phi) is 6.52. The molecular weight excluding hydrogens is 461 g/mol. The van der Waals surface area contributed by atoms with Crippen LogP contribution in [0.2, 0.25) is 0 Å². The number of halogens is 1. The Labute approximate surface area is 211 Å². The van der Waals surface area contributed by atoms with Crippen LogP contribution in [-0.4, -0.2) is 77.9 Å². The number of aromatic nitrogens is 2. The Morgan fingerprint density at radius 3 is 2.33 bits per heavy atom. The Morgan fingerprint density at radius 1 is 0.944 bits per heavy atom. The Morgan fingerprint density at radius 2 is 1.69 bits per heavy atom. The Bertz CT molecular complexity index is 1050. The van der Waals surface area contributed by atoms with E-state index in [0.717, 1.165) is 63.6 Å². The van der Waals surface area contributed by atoms with Gasteiger partial charge in [-0.3, -0.25) is 4.79 Å². The molecule has 3 aliphatic heterocycles. The van der Waals surface area contributed by atoms with Gasteiger partial charge in [-0.05, 0) is 56.7 Å². The van der Waals surface area contributed by atoms with Crippen LogP contribution in [0.1, 0.15) is 44.9 Å². The summed E-state index contributed by atoms with van der Waals surface area (Å²) in [6, 6.07) is 7.77. The molecule has 36 heavy (non-hydrogen) atoms. The van der Waals surface area contributed by atoms with Crippen LogP contribution in [0.15, 0.2) is 36.7 Å². The largest absolute Gasteiger partial charge is 0.474 e. The van der Waals surface area contributed by atoms with Crippen molar-refractivity contribution in [3.05, 3.63) is 42.6 Å². The first-order valence-corrected chi connectivity index (χ1v) is 13.2. The van der Waals surface area contributed by atoms with Crippen LogP contribution in [0.5, 0.6) is 5.88 Å². The molecule has 1 saturated carbocycles. The molecule has 3 saturated heterocycles. The fourth-order valence-electron chi connectivity index (χ4n) is 5.86. The van der Waals surface area contributed by atoms with E-state index in [4.69, 9.17) is 9.47 Å². The van der Waals surface area contributed by atoms with Crippen molar-refractivity contribution in [2.75, 3.05) is 49.1 Å². The van der Waals surface area contributed by atoms with Gasteiger partial charge in [-0.15, -0.1) is 0 Å². The Balaban J connectivity index is 1.02. The molecule has 4 fully saturated rings. The normalized spacial score (nSPS) is 23.6. The molecule has 192 valence electrons. The van der Waals surface area contributed by atoms with E-state index in [-0.39, 0.29) is 18.6 Å². The lowest BCUT2D eigenvalue weighted by Gasteiger charge is -2.47. The number of morpholine rings is 1. The summed E-state index contributed by atoms with van der Waals surface area (Å²) < 4.78 is 25.5. The van der Waals surface area contributed by atoms with Crippen molar-refractivity contribution in [1.29, 1.82) is 0 Å². The molecule has 0 radical (unpaired) electrons. The van der Waals surface area contributed by atoms with E-state index >= 15 is 0 Å². The lowest BCUT2D eigenvalue weighted by molar-refractivity contribution is -0.141. The van der Waals surface area contributed by atoms with Crippen LogP contribution in [0, 0.1) is 5.95 Å². The predicted octanol–water partition coefficient (Wildman–Crippen LogP) is 3.41. The van der Waals surface area contributed by atoms with Gasteiger partial charge < -0.3 is 24.2 Å². The van der Waals surface area contributed by atoms with Crippen LogP contribution in [0.4, 0.5) is 15.8 Å². The van der Waals surface area contributed by atoms with E-state index in [2.05, 4.69) is 25.8 Å². The number of carbonyl (C=O) groups is 1. The molecule has 0 unspecified atom stereocenters. The molecule has 4 aliphatic rings. The van der Waals surface area contributed by atoms with Crippen LogP contribution in [0.3, 0.4) is 0 Å². The number of nitrogens with zero attached hydrogens (tertiary/aromatic N) is 5. The number of carbonyl (C=O) groups excluding carboxylic acids is 1. The van der Waals surface area contributed by atoms with Crippen molar-refractivity contribution in [2.45, 2.75) is 62.7 Å². The molecule has 1 amide bonds. The highest BCUT2D eigenvalue weighted by Crippen LogP contribution is 2.34. The second kappa shape index (κ2) is 9.94. The number of pyridine rings is 2. The molecule has 0 atom stereocenters. The van der Waals surface area contributed by atoms with E-state index in [1.807, 2.05) is 12.3 Å². The number of hydrogen-bond donors (Lipinski definition) is 0. The van der Waals surface area contributed by atoms with Gasteiger partial charge in [0.2, 0.25) is 11.8 Å². The van der Waals surface area contributed by atoms with Gasteiger partial charge in [0.05, 0.1) is 35.9 Å². The van der Waals surface area contributed by atoms with Crippen molar-refractivity contribution in [1.82, 2.24) is 14.9 Å². The van der Waals surface area contributed by atoms with Gasteiger partial charge in [-0.1, -0.05) is 6.42 Å². The summed E-state index contributed by atoms with van der Waals surface area (Å²) in [6.45, 7) is 4.37. The summed E-state index contributed by atoms with van der Waals surface area (Å²) in [5.74, 6) is 0.0267. The molecule has 2 aromatic rings. The molecule has 1 spiro atoms. The lowest BCUT2D eigenvalue weighted by Crippen LogP contribution is -2.59. The molecule has 0 N–H and O–H groups in total. The zero-order valence-electron chi connectivity index (χ0n) is 20.6. The van der Waals surface area contributed by atoms with Gasteiger partial charge in [0, 0.05) is 38.3 Å². The quantitative estimate of drug-likeness (QED) is 0.589. The highest BCUT2D eigenvalue weighted by molar-refractivity contribution is 5.95. The van der Waals surface area contributed by atoms with Crippen molar-refractivity contribution in [2.24, 2.45) is 0 Å². The summed E-state index contributed by atoms with van der Waals surface area (Å²) in [4.78, 5) is 27.4. The number of piperidine rings is 2. The molecule has 1 aliphatic carbocycles. The smallest absolute Gasteiger partial charge is 0.253 e. The topological polar surface area (TPSA) is 71.0 Å². The summed E-state index contributed by atoms with van der Waals surface area (Å²) in [7, 11) is 0. The molecule has 2 aromatic heterocycles. The van der Waals surface area contributed by atoms with E-state index in [1.165, 1.54) is 31.5 Å². The van der Waals surface area contributed by atoms with E-state index in [9.17, 15) is 9.18 Å². The maximum absolute atomic E-state index is 13.2. The number of ether oxygens (including phenoxy) is 2. The van der Waals surface area contributed by atoms with E-state index in [0.29, 0.717) is 18.1 Å². The summed E-state index contributed by atoms with van der Waals surface area (Å²) in [6.07, 6.45) is 11.4. The van der Waals surface area contributed by atoms with Crippen molar-refractivity contribution < 1.29 is 18.7 Å². The van der Waals surface area contributed by atoms with Gasteiger partial charge in [-0.25, -0.2) is 9.97 Å². The van der Waals surface area contributed by atoms with Gasteiger partial charge in [0.1, 0.15) is 12.7 Å². The molecule has 0 aromatic carbocycles. The first-order valence-electron chi connectivity index (χ1n) is 13.2. The molecule has 5 heterocycles. The molecule has 8 nitrogen and oxygen atoms in total. The SMILES string of the molecule is O=C1COC2(CCN(c3ccc(OC4CCN(C5CCC5)CC4)nc3)CC2)CN1c1ccc(F)nc1. The van der Waals surface area contributed by atoms with Crippen molar-refractivity contribution >= 4 is 17.3 Å². The summed E-state index contributed by atoms with van der Waals surface area (Å²) >= 11 is 0. The molecule has 9 heteroatoms. The average Bonchev–Trinajstić information content (AvgIpc) is 2.87. The fraction of sp³-hybridized carbons (Fsp3) is 0.593. The minimum Gasteiger partial charge on any atom is -0.474 e. The van der Waals surface area contributed by atoms with Crippen molar-refractivity contribution in [3.63, 3.8) is 0 Å². The van der Waals surface area contributed by atoms with Crippen LogP contribution >= 0.6 is 0 Å². The second-order valence-corrected chi connectivity index (χ2v) is 10.6. The third kappa shape index (κ3) is 4.91. The first-order chi connectivity index (χ1) is 17.6. The maximum Gasteiger partial charge on any atom is 0.253 e. The van der Waals surface area contributed by atoms with E-state index in [1.54, 1.807) is 11.0 Å². The summed E-state index contributed by atoms with van der Waals surface area (Å²) in [5, 5.41) is 0. The summed E-state index contributed by atoms with van der Waals surface area (Å²) in [5.41, 5.74) is 1.28. The molecule has 0 bridgehead atoms. The standard InChI is InChI=1S/C27H34FN5O3/c28-24-6-4-22(17-29-24)33-19-27(35-18-26(33)34)10-14-32(15-11-27)21-5-7-25(30-16-21)36-23-8-12-31(13-9-23)20-2-1-3-20/h4-7,16-17,20,23H,1-3,8-15,18-19H2. The minimum absolute atomic E-state index is 0.0323. The zero-order valence-corrected chi connectivity index (χ0v) is 20.6. The number of amides is 1. The maximum atomic E-state index is 13.2. The van der Waals surface area contributed by atoms with Crippen molar-refractivity contribution in [3.8, 4) is 5.88 Å². The predicted molar refractivity (Wildman–Crippen MR) is 134 cm³/mol. The highest BCUT2D eigenvalue weighted by Gasteiger charge is 2.43. The first kappa shape index (κ1) is 23.6. The van der Waals surface area contributed by atoms with Crippen LogP contribution < -0.4 is 14.5 Å². The lowest BCUT2D eigenvalue weighted by atomic mass is 9.89. The third-order valence-electron chi connectivity index (χ3n) is 8.39. The zero-order chi connectivity index (χ0) is 24.5. The van der Waals surface area contributed by atoms with Gasteiger partial charge in [-0.2, -0.15) is 4.39 Å². The number of hydrogen-bond acceptors (Lipinski definition) is 7. The molecular formula is C27H34FN5O3. The van der Waals surface area contributed by atoms with Crippen LogP contribution in [-0.2, 0) is 9.53 Å². The second-order valence-electron chi connectivity index (χ2n) is 10.6. The minimum atomic E-state index is -0.554. The van der Waals surface area contributed by atoms with Crippen LogP contribution in [0.25, 0.3) is 0 Å². The highest BCUT2D eigenvalue weighted by atomic mass is 19.1. The Hall–Kier alpha value is -2.78.